The van der Waals surface area contributed by atoms with Gasteiger partial charge in [-0.1, -0.05) is 35.0 Å². The number of anilines is 1. The van der Waals surface area contributed by atoms with Gasteiger partial charge in [0.1, 0.15) is 11.5 Å². The third-order valence-corrected chi connectivity index (χ3v) is 4.25. The largest absolute Gasteiger partial charge is 0.465 e. The van der Waals surface area contributed by atoms with Gasteiger partial charge in [-0.05, 0) is 47.9 Å². The Morgan fingerprint density at radius 1 is 1.23 bits per heavy atom. The highest BCUT2D eigenvalue weighted by molar-refractivity contribution is 5.99. The second kappa shape index (κ2) is 8.45. The standard InChI is InChI=1S/C20H18N8O3/c1-12-5-7-14(8-6-12)17-16(23-27-28(17)19-18(21)25-31-26-19)20(29)24-22-11-13(2)10-15-4-3-9-30-15/h3-11H,1-2H3,(H2,21,25)(H,24,29)/b13-10+,22-11-. The van der Waals surface area contributed by atoms with Crippen LogP contribution in [0.15, 0.2) is 62.4 Å². The summed E-state index contributed by atoms with van der Waals surface area (Å²) in [5, 5.41) is 19.3. The van der Waals surface area contributed by atoms with Crippen molar-refractivity contribution < 1.29 is 13.8 Å². The molecule has 0 unspecified atom stereocenters. The molecule has 1 amide bonds. The van der Waals surface area contributed by atoms with Crippen molar-refractivity contribution in [3.8, 4) is 17.1 Å². The Kier molecular flexibility index (Phi) is 5.39. The molecule has 0 spiro atoms. The topological polar surface area (TPSA) is 150 Å². The van der Waals surface area contributed by atoms with Crippen LogP contribution in [0, 0.1) is 6.92 Å². The Hall–Kier alpha value is -4.54. The zero-order chi connectivity index (χ0) is 21.8. The number of benzene rings is 1. The molecule has 0 aliphatic carbocycles. The molecule has 0 radical (unpaired) electrons. The SMILES string of the molecule is CC(/C=N\NC(=O)c1nnn(-c2nonc2N)c1-c1ccc(C)cc1)=C\c1ccco1. The Morgan fingerprint density at radius 2 is 2.03 bits per heavy atom. The van der Waals surface area contributed by atoms with E-state index >= 15 is 0 Å². The van der Waals surface area contributed by atoms with Gasteiger partial charge in [-0.3, -0.25) is 4.79 Å². The summed E-state index contributed by atoms with van der Waals surface area (Å²) < 4.78 is 11.2. The van der Waals surface area contributed by atoms with Crippen LogP contribution in [-0.4, -0.2) is 37.4 Å². The molecule has 4 rings (SSSR count). The Balaban J connectivity index is 1.64. The van der Waals surface area contributed by atoms with Gasteiger partial charge in [-0.25, -0.2) is 10.1 Å². The van der Waals surface area contributed by atoms with E-state index in [0.29, 0.717) is 17.0 Å². The molecule has 4 aromatic rings. The van der Waals surface area contributed by atoms with Gasteiger partial charge in [0, 0.05) is 5.56 Å². The zero-order valence-electron chi connectivity index (χ0n) is 16.7. The second-order valence-corrected chi connectivity index (χ2v) is 6.64. The van der Waals surface area contributed by atoms with Crippen molar-refractivity contribution in [3.63, 3.8) is 0 Å². The highest BCUT2D eigenvalue weighted by Gasteiger charge is 2.25. The number of nitrogens with one attached hydrogen (secondary N) is 1. The predicted molar refractivity (Wildman–Crippen MR) is 112 cm³/mol. The fourth-order valence-electron chi connectivity index (χ4n) is 2.77. The lowest BCUT2D eigenvalue weighted by atomic mass is 10.1. The van der Waals surface area contributed by atoms with E-state index in [-0.39, 0.29) is 17.3 Å². The van der Waals surface area contributed by atoms with Crippen molar-refractivity contribution in [2.24, 2.45) is 5.10 Å². The average Bonchev–Trinajstić information content (AvgIpc) is 3.49. The van der Waals surface area contributed by atoms with Crippen molar-refractivity contribution in [3.05, 3.63) is 65.3 Å². The summed E-state index contributed by atoms with van der Waals surface area (Å²) >= 11 is 0. The van der Waals surface area contributed by atoms with Crippen LogP contribution in [0.4, 0.5) is 5.82 Å². The van der Waals surface area contributed by atoms with Crippen LogP contribution in [0.2, 0.25) is 0 Å². The number of aryl methyl sites for hydroxylation is 1. The second-order valence-electron chi connectivity index (χ2n) is 6.64. The molecule has 0 fully saturated rings. The molecular weight excluding hydrogens is 400 g/mol. The molecule has 156 valence electrons. The smallest absolute Gasteiger partial charge is 0.294 e. The molecular formula is C20H18N8O3. The minimum absolute atomic E-state index is 0.0157. The number of carbonyl (C=O) groups excluding carboxylic acids is 1. The fourth-order valence-corrected chi connectivity index (χ4v) is 2.77. The number of nitrogen functional groups attached to an aromatic ring is 1. The molecule has 1 aromatic carbocycles. The number of furan rings is 1. The van der Waals surface area contributed by atoms with Gasteiger partial charge < -0.3 is 10.2 Å². The first-order valence-electron chi connectivity index (χ1n) is 9.19. The molecule has 11 heteroatoms. The maximum absolute atomic E-state index is 12.8. The van der Waals surface area contributed by atoms with Crippen molar-refractivity contribution in [1.29, 1.82) is 0 Å². The maximum Gasteiger partial charge on any atom is 0.294 e. The van der Waals surface area contributed by atoms with Crippen LogP contribution < -0.4 is 11.2 Å². The summed E-state index contributed by atoms with van der Waals surface area (Å²) in [7, 11) is 0. The first-order valence-corrected chi connectivity index (χ1v) is 9.19. The van der Waals surface area contributed by atoms with Crippen LogP contribution in [-0.2, 0) is 0 Å². The number of rotatable bonds is 6. The Bertz CT molecular complexity index is 1250. The molecule has 0 atom stereocenters. The number of hydrazone groups is 1. The number of hydrogen-bond donors (Lipinski definition) is 2. The van der Waals surface area contributed by atoms with E-state index in [1.54, 1.807) is 18.4 Å². The Labute approximate surface area is 176 Å². The van der Waals surface area contributed by atoms with Gasteiger partial charge in [0.15, 0.2) is 5.69 Å². The Morgan fingerprint density at radius 3 is 2.71 bits per heavy atom. The fraction of sp³-hybridized carbons (Fsp3) is 0.100. The van der Waals surface area contributed by atoms with Crippen LogP contribution in [0.5, 0.6) is 0 Å². The first kappa shape index (κ1) is 19.8. The van der Waals surface area contributed by atoms with Gasteiger partial charge in [0.2, 0.25) is 11.6 Å². The van der Waals surface area contributed by atoms with E-state index in [1.807, 2.05) is 44.2 Å². The summed E-state index contributed by atoms with van der Waals surface area (Å²) in [6, 6.07) is 11.1. The summed E-state index contributed by atoms with van der Waals surface area (Å²) in [6.45, 7) is 3.78. The monoisotopic (exact) mass is 418 g/mol. The average molecular weight is 418 g/mol. The minimum atomic E-state index is -0.557. The molecule has 3 heterocycles. The van der Waals surface area contributed by atoms with E-state index in [0.717, 1.165) is 11.1 Å². The van der Waals surface area contributed by atoms with Gasteiger partial charge in [-0.15, -0.1) is 5.10 Å². The quantitative estimate of drug-likeness (QED) is 0.358. The van der Waals surface area contributed by atoms with Gasteiger partial charge in [0.25, 0.3) is 5.91 Å². The lowest BCUT2D eigenvalue weighted by molar-refractivity contribution is 0.0950. The molecule has 11 nitrogen and oxygen atoms in total. The number of allylic oxidation sites excluding steroid dienone is 1. The van der Waals surface area contributed by atoms with E-state index < -0.39 is 5.91 Å². The normalized spacial score (nSPS) is 11.9. The third kappa shape index (κ3) is 4.24. The molecule has 0 aliphatic heterocycles. The van der Waals surface area contributed by atoms with E-state index in [9.17, 15) is 4.79 Å². The van der Waals surface area contributed by atoms with Crippen LogP contribution in [0.1, 0.15) is 28.7 Å². The van der Waals surface area contributed by atoms with Crippen molar-refractivity contribution >= 4 is 24.0 Å². The lowest BCUT2D eigenvalue weighted by Gasteiger charge is -2.06. The molecule has 3 aromatic heterocycles. The molecule has 0 saturated carbocycles. The van der Waals surface area contributed by atoms with Crippen molar-refractivity contribution in [1.82, 2.24) is 30.7 Å². The summed E-state index contributed by atoms with van der Waals surface area (Å²) in [5.41, 5.74) is 11.2. The molecule has 31 heavy (non-hydrogen) atoms. The predicted octanol–water partition coefficient (Wildman–Crippen LogP) is 2.62. The maximum atomic E-state index is 12.8. The number of nitrogens with zero attached hydrogens (tertiary/aromatic N) is 6. The van der Waals surface area contributed by atoms with E-state index in [4.69, 9.17) is 10.2 Å². The molecule has 3 N–H and O–H groups in total. The molecule has 0 saturated heterocycles. The number of nitrogens with two attached hydrogens (primary N) is 1. The zero-order valence-corrected chi connectivity index (χ0v) is 16.7. The molecule has 0 aliphatic rings. The van der Waals surface area contributed by atoms with Crippen molar-refractivity contribution in [2.45, 2.75) is 13.8 Å². The van der Waals surface area contributed by atoms with Crippen LogP contribution >= 0.6 is 0 Å². The third-order valence-electron chi connectivity index (χ3n) is 4.25. The van der Waals surface area contributed by atoms with Gasteiger partial charge >= 0.3 is 0 Å². The number of carbonyl (C=O) groups is 1. The summed E-state index contributed by atoms with van der Waals surface area (Å²) in [4.78, 5) is 12.8. The van der Waals surface area contributed by atoms with E-state index in [1.165, 1.54) is 10.9 Å². The summed E-state index contributed by atoms with van der Waals surface area (Å²) in [5.74, 6) is 0.266. The van der Waals surface area contributed by atoms with Gasteiger partial charge in [0.05, 0.1) is 12.5 Å². The van der Waals surface area contributed by atoms with Gasteiger partial charge in [-0.2, -0.15) is 9.78 Å². The number of hydrogen-bond acceptors (Lipinski definition) is 9. The van der Waals surface area contributed by atoms with E-state index in [2.05, 4.69) is 35.8 Å². The number of aromatic nitrogens is 5. The highest BCUT2D eigenvalue weighted by Crippen LogP contribution is 2.26. The van der Waals surface area contributed by atoms with Crippen molar-refractivity contribution in [2.75, 3.05) is 5.73 Å². The van der Waals surface area contributed by atoms with Crippen LogP contribution in [0.3, 0.4) is 0 Å². The first-order chi connectivity index (χ1) is 15.0. The minimum Gasteiger partial charge on any atom is -0.465 e. The highest BCUT2D eigenvalue weighted by atomic mass is 16.6. The summed E-state index contributed by atoms with van der Waals surface area (Å²) in [6.07, 6.45) is 4.85. The lowest BCUT2D eigenvalue weighted by Crippen LogP contribution is -2.19. The van der Waals surface area contributed by atoms with Crippen LogP contribution in [0.25, 0.3) is 23.2 Å². The number of amides is 1. The molecule has 0 bridgehead atoms.